The van der Waals surface area contributed by atoms with Crippen LogP contribution in [-0.2, 0) is 23.2 Å². The molecular formula is C5H12O6S. The molecule has 7 heteroatoms. The van der Waals surface area contributed by atoms with E-state index >= 15 is 0 Å². The Morgan fingerprint density at radius 3 is 1.67 bits per heavy atom. The second-order valence-electron chi connectivity index (χ2n) is 1.81. The molecule has 0 saturated carbocycles. The number of hydrogen-bond donors (Lipinski definition) is 0. The molecule has 0 rings (SSSR count). The van der Waals surface area contributed by atoms with Gasteiger partial charge in [0.05, 0.1) is 7.11 Å². The number of carbonyl (C=O) groups is 1. The van der Waals surface area contributed by atoms with E-state index in [9.17, 15) is 8.42 Å². The number of carboxylic acid groups (broad SMARTS) is 1. The fourth-order valence-corrected chi connectivity index (χ4v) is 0.408. The van der Waals surface area contributed by atoms with Crippen LogP contribution in [0.25, 0.3) is 0 Å². The third-order valence-corrected chi connectivity index (χ3v) is 1.84. The number of carbonyl (C=O) groups excluding carboxylic acids is 1. The monoisotopic (exact) mass is 200 g/mol. The first-order valence-corrected chi connectivity index (χ1v) is 4.13. The molecule has 0 aromatic heterocycles. The minimum Gasteiger partial charge on any atom is -0.550 e. The molecule has 0 heterocycles. The third-order valence-electron chi connectivity index (χ3n) is 0.612. The maximum atomic E-state index is 10.4. The Labute approximate surface area is 71.8 Å². The quantitative estimate of drug-likeness (QED) is 0.503. The number of hydrogen-bond acceptors (Lipinski definition) is 5. The Bertz CT molecular complexity index is 212. The molecule has 0 atom stereocenters. The van der Waals surface area contributed by atoms with Crippen LogP contribution in [0.3, 0.4) is 0 Å². The standard InChI is InChI=1S/C3H9O4S.C2H4O2/c1-6-8(4,5)7(2)3;1-2(3)4/h1-3H3;1H3,(H,3,4)/q+1;/p-1. The van der Waals surface area contributed by atoms with Crippen LogP contribution in [-0.4, -0.2) is 35.7 Å². The van der Waals surface area contributed by atoms with E-state index in [1.54, 1.807) is 3.81 Å². The van der Waals surface area contributed by atoms with Crippen LogP contribution >= 0.6 is 0 Å². The smallest absolute Gasteiger partial charge is 0.530 e. The van der Waals surface area contributed by atoms with Crippen LogP contribution in [0.5, 0.6) is 0 Å². The molecule has 0 aliphatic rings. The van der Waals surface area contributed by atoms with Gasteiger partial charge >= 0.3 is 10.4 Å². The zero-order valence-electron chi connectivity index (χ0n) is 7.36. The topological polar surface area (TPSA) is 86.2 Å². The van der Waals surface area contributed by atoms with Crippen LogP contribution in [0, 0.1) is 0 Å². The average molecular weight is 200 g/mol. The van der Waals surface area contributed by atoms with Crippen LogP contribution in [0.1, 0.15) is 6.92 Å². The second kappa shape index (κ2) is 5.92. The molecule has 0 saturated heterocycles. The molecule has 0 aromatic rings. The molecule has 0 unspecified atom stereocenters. The molecule has 0 aliphatic heterocycles. The summed E-state index contributed by atoms with van der Waals surface area (Å²) in [4.78, 5) is 8.89. The molecule has 6 nitrogen and oxygen atoms in total. The normalized spacial score (nSPS) is 10.4. The summed E-state index contributed by atoms with van der Waals surface area (Å²) in [5.41, 5.74) is 0. The molecule has 74 valence electrons. The fraction of sp³-hybridized carbons (Fsp3) is 0.800. The Hall–Kier alpha value is -0.660. The van der Waals surface area contributed by atoms with Crippen molar-refractivity contribution in [3.05, 3.63) is 0 Å². The van der Waals surface area contributed by atoms with Crippen molar-refractivity contribution in [3.63, 3.8) is 0 Å². The van der Waals surface area contributed by atoms with Crippen molar-refractivity contribution in [2.75, 3.05) is 21.3 Å². The highest BCUT2D eigenvalue weighted by molar-refractivity contribution is 7.82. The highest BCUT2D eigenvalue weighted by atomic mass is 32.3. The van der Waals surface area contributed by atoms with Crippen LogP contribution < -0.4 is 5.11 Å². The van der Waals surface area contributed by atoms with Crippen molar-refractivity contribution in [3.8, 4) is 0 Å². The van der Waals surface area contributed by atoms with Crippen LogP contribution in [0.15, 0.2) is 0 Å². The minimum absolute atomic E-state index is 0.972. The summed E-state index contributed by atoms with van der Waals surface area (Å²) in [5.74, 6) is -1.08. The maximum Gasteiger partial charge on any atom is 0.530 e. The molecule has 12 heavy (non-hydrogen) atoms. The number of aliphatic carboxylic acids is 1. The van der Waals surface area contributed by atoms with Gasteiger partial charge in [-0.25, -0.2) is 4.18 Å². The van der Waals surface area contributed by atoms with Gasteiger partial charge in [0.25, 0.3) is 0 Å². The average Bonchev–Trinajstić information content (AvgIpc) is 1.86. The molecular weight excluding hydrogens is 188 g/mol. The van der Waals surface area contributed by atoms with E-state index in [-0.39, 0.29) is 0 Å². The third kappa shape index (κ3) is 9.34. The lowest BCUT2D eigenvalue weighted by Gasteiger charge is -2.01. The molecule has 0 aromatic carbocycles. The van der Waals surface area contributed by atoms with E-state index in [0.29, 0.717) is 0 Å². The zero-order valence-corrected chi connectivity index (χ0v) is 8.17. The van der Waals surface area contributed by atoms with Gasteiger partial charge in [0.15, 0.2) is 14.2 Å². The van der Waals surface area contributed by atoms with Crippen molar-refractivity contribution in [2.24, 2.45) is 0 Å². The van der Waals surface area contributed by atoms with Crippen molar-refractivity contribution in [1.29, 1.82) is 0 Å². The summed E-state index contributed by atoms with van der Waals surface area (Å²) in [6.07, 6.45) is 0. The Morgan fingerprint density at radius 2 is 1.67 bits per heavy atom. The van der Waals surface area contributed by atoms with E-state index in [4.69, 9.17) is 9.90 Å². The first kappa shape index (κ1) is 13.9. The zero-order chi connectivity index (χ0) is 10.4. The Morgan fingerprint density at radius 1 is 1.42 bits per heavy atom. The molecule has 0 bridgehead atoms. The minimum atomic E-state index is -3.49. The first-order valence-electron chi connectivity index (χ1n) is 2.80. The lowest BCUT2D eigenvalue weighted by molar-refractivity contribution is -0.302. The van der Waals surface area contributed by atoms with Gasteiger partial charge < -0.3 is 9.90 Å². The predicted molar refractivity (Wildman–Crippen MR) is 39.5 cm³/mol. The maximum absolute atomic E-state index is 10.4. The summed E-state index contributed by atoms with van der Waals surface area (Å²) < 4.78 is 26.5. The van der Waals surface area contributed by atoms with E-state index in [2.05, 4.69) is 4.18 Å². The van der Waals surface area contributed by atoms with Gasteiger partial charge in [-0.05, 0) is 6.92 Å². The summed E-state index contributed by atoms with van der Waals surface area (Å²) in [7, 11) is 0.250. The first-order chi connectivity index (χ1) is 5.24. The Balaban J connectivity index is 0. The second-order valence-corrected chi connectivity index (χ2v) is 3.62. The van der Waals surface area contributed by atoms with E-state index in [0.717, 1.165) is 14.0 Å². The van der Waals surface area contributed by atoms with Gasteiger partial charge in [-0.15, -0.1) is 8.42 Å². The summed E-state index contributed by atoms with van der Waals surface area (Å²) >= 11 is 0. The fourth-order valence-electron chi connectivity index (χ4n) is 0.136. The van der Waals surface area contributed by atoms with E-state index < -0.39 is 16.4 Å². The van der Waals surface area contributed by atoms with Gasteiger partial charge in [0.1, 0.15) is 0 Å². The lowest BCUT2D eigenvalue weighted by Crippen LogP contribution is -2.16. The molecule has 0 N–H and O–H groups in total. The molecule has 0 aliphatic carbocycles. The van der Waals surface area contributed by atoms with Crippen molar-refractivity contribution in [2.45, 2.75) is 6.92 Å². The molecule has 0 radical (unpaired) electrons. The largest absolute Gasteiger partial charge is 0.550 e. The molecule has 0 fully saturated rings. The van der Waals surface area contributed by atoms with Crippen LogP contribution in [0.2, 0.25) is 0 Å². The van der Waals surface area contributed by atoms with Gasteiger partial charge in [-0.3, -0.25) is 3.81 Å². The Kier molecular flexibility index (Phi) is 6.86. The van der Waals surface area contributed by atoms with Crippen LogP contribution in [0.4, 0.5) is 0 Å². The highest BCUT2D eigenvalue weighted by Crippen LogP contribution is 1.97. The van der Waals surface area contributed by atoms with E-state index in [1.807, 2.05) is 0 Å². The lowest BCUT2D eigenvalue weighted by atomic mass is 10.9. The van der Waals surface area contributed by atoms with Gasteiger partial charge in [-0.1, -0.05) is 0 Å². The summed E-state index contributed by atoms with van der Waals surface area (Å²) in [6.45, 7) is 0.972. The van der Waals surface area contributed by atoms with E-state index in [1.165, 1.54) is 14.2 Å². The summed E-state index contributed by atoms with van der Waals surface area (Å²) in [5, 5.41) is 8.89. The van der Waals surface area contributed by atoms with Crippen molar-refractivity contribution >= 4 is 16.4 Å². The summed E-state index contributed by atoms with van der Waals surface area (Å²) in [6, 6.07) is 0. The highest BCUT2D eigenvalue weighted by Gasteiger charge is 2.17. The SMILES string of the molecule is CC(=O)[O-].COS(=O)(=O)[O+](C)C. The van der Waals surface area contributed by atoms with Gasteiger partial charge in [0, 0.05) is 5.97 Å². The van der Waals surface area contributed by atoms with Crippen molar-refractivity contribution < 1.29 is 26.3 Å². The number of carboxylic acids is 1. The number of rotatable bonds is 2. The van der Waals surface area contributed by atoms with Gasteiger partial charge in [-0.2, -0.15) is 0 Å². The molecule has 0 spiro atoms. The van der Waals surface area contributed by atoms with Crippen molar-refractivity contribution in [1.82, 2.24) is 0 Å². The van der Waals surface area contributed by atoms with Gasteiger partial charge in [0.2, 0.25) is 0 Å². The predicted octanol–water partition coefficient (Wildman–Crippen LogP) is -1.55. The molecule has 0 amide bonds.